The summed E-state index contributed by atoms with van der Waals surface area (Å²) in [6, 6.07) is 5.66. The molecule has 0 saturated carbocycles. The zero-order valence-corrected chi connectivity index (χ0v) is 7.94. The van der Waals surface area contributed by atoms with Crippen LogP contribution in [0.5, 0.6) is 0 Å². The van der Waals surface area contributed by atoms with Gasteiger partial charge in [0.1, 0.15) is 0 Å². The van der Waals surface area contributed by atoms with Crippen LogP contribution in [0.1, 0.15) is 23.6 Å². The van der Waals surface area contributed by atoms with Gasteiger partial charge in [0, 0.05) is 5.02 Å². The quantitative estimate of drug-likeness (QED) is 0.650. The van der Waals surface area contributed by atoms with Gasteiger partial charge >= 0.3 is 0 Å². The lowest BCUT2D eigenvalue weighted by Gasteiger charge is -2.05. The molecule has 0 atom stereocenters. The zero-order chi connectivity index (χ0) is 9.14. The van der Waals surface area contributed by atoms with Crippen LogP contribution in [-0.2, 0) is 6.42 Å². The van der Waals surface area contributed by atoms with Gasteiger partial charge in [-0.15, -0.1) is 0 Å². The first kappa shape index (κ1) is 9.09. The van der Waals surface area contributed by atoms with Gasteiger partial charge in [-0.05, 0) is 36.6 Å². The van der Waals surface area contributed by atoms with E-state index < -0.39 is 0 Å². The first-order valence-corrected chi connectivity index (χ1v) is 4.26. The van der Waals surface area contributed by atoms with Gasteiger partial charge in [-0.2, -0.15) is 5.26 Å². The fraction of sp³-hybridized carbons (Fsp3) is 0.300. The van der Waals surface area contributed by atoms with Crippen molar-refractivity contribution in [1.82, 2.24) is 0 Å². The molecule has 0 unspecified atom stereocenters. The van der Waals surface area contributed by atoms with E-state index in [4.69, 9.17) is 16.9 Å². The minimum atomic E-state index is 0.634. The Morgan fingerprint density at radius 1 is 1.50 bits per heavy atom. The molecule has 0 bridgehead atoms. The summed E-state index contributed by atoms with van der Waals surface area (Å²) in [4.78, 5) is 0. The molecular formula is C10H10ClN. The highest BCUT2D eigenvalue weighted by Gasteiger charge is 2.03. The highest BCUT2D eigenvalue weighted by Crippen LogP contribution is 2.22. The standard InChI is InChI=1S/C10H10ClN/c1-3-9-7(2)4-8(6-12)5-10(9)11/h4-5H,3H2,1-2H3. The second kappa shape index (κ2) is 3.60. The number of halogens is 1. The van der Waals surface area contributed by atoms with E-state index in [2.05, 4.69) is 13.0 Å². The van der Waals surface area contributed by atoms with E-state index in [1.165, 1.54) is 0 Å². The van der Waals surface area contributed by atoms with Crippen LogP contribution in [0, 0.1) is 18.3 Å². The van der Waals surface area contributed by atoms with E-state index in [1.54, 1.807) is 6.07 Å². The third-order valence-electron chi connectivity index (χ3n) is 1.90. The maximum absolute atomic E-state index is 8.64. The Hall–Kier alpha value is -1.00. The second-order valence-corrected chi connectivity index (χ2v) is 3.13. The zero-order valence-electron chi connectivity index (χ0n) is 7.19. The Morgan fingerprint density at radius 2 is 2.17 bits per heavy atom. The van der Waals surface area contributed by atoms with Gasteiger partial charge in [-0.3, -0.25) is 0 Å². The Labute approximate surface area is 77.6 Å². The van der Waals surface area contributed by atoms with Crippen LogP contribution in [0.3, 0.4) is 0 Å². The average molecular weight is 180 g/mol. The number of aryl methyl sites for hydroxylation is 1. The first-order valence-electron chi connectivity index (χ1n) is 3.88. The molecule has 0 radical (unpaired) electrons. The van der Waals surface area contributed by atoms with Crippen LogP contribution < -0.4 is 0 Å². The van der Waals surface area contributed by atoms with Gasteiger partial charge in [0.25, 0.3) is 0 Å². The lowest BCUT2D eigenvalue weighted by Crippen LogP contribution is -1.89. The molecule has 62 valence electrons. The molecule has 0 aliphatic rings. The van der Waals surface area contributed by atoms with Crippen molar-refractivity contribution in [2.75, 3.05) is 0 Å². The summed E-state index contributed by atoms with van der Waals surface area (Å²) < 4.78 is 0. The number of hydrogen-bond donors (Lipinski definition) is 0. The van der Waals surface area contributed by atoms with E-state index in [-0.39, 0.29) is 0 Å². The summed E-state index contributed by atoms with van der Waals surface area (Å²) in [6.45, 7) is 4.03. The number of nitriles is 1. The van der Waals surface area contributed by atoms with Crippen molar-refractivity contribution in [1.29, 1.82) is 5.26 Å². The third kappa shape index (κ3) is 1.60. The van der Waals surface area contributed by atoms with Crippen molar-refractivity contribution in [2.24, 2.45) is 0 Å². The van der Waals surface area contributed by atoms with Gasteiger partial charge in [0.2, 0.25) is 0 Å². The monoisotopic (exact) mass is 179 g/mol. The first-order chi connectivity index (χ1) is 5.69. The minimum Gasteiger partial charge on any atom is -0.192 e. The molecule has 1 aromatic carbocycles. The van der Waals surface area contributed by atoms with Crippen LogP contribution in [0.2, 0.25) is 5.02 Å². The van der Waals surface area contributed by atoms with Crippen LogP contribution in [0.25, 0.3) is 0 Å². The van der Waals surface area contributed by atoms with E-state index in [9.17, 15) is 0 Å². The van der Waals surface area contributed by atoms with Crippen LogP contribution >= 0.6 is 11.6 Å². The predicted octanol–water partition coefficient (Wildman–Crippen LogP) is 3.08. The highest BCUT2D eigenvalue weighted by atomic mass is 35.5. The SMILES string of the molecule is CCc1c(C)cc(C#N)cc1Cl. The predicted molar refractivity (Wildman–Crippen MR) is 50.3 cm³/mol. The fourth-order valence-electron chi connectivity index (χ4n) is 1.29. The smallest absolute Gasteiger partial charge is 0.0992 e. The van der Waals surface area contributed by atoms with E-state index in [1.807, 2.05) is 13.0 Å². The Kier molecular flexibility index (Phi) is 2.73. The summed E-state index contributed by atoms with van der Waals surface area (Å²) in [7, 11) is 0. The lowest BCUT2D eigenvalue weighted by molar-refractivity contribution is 1.11. The number of hydrogen-bond acceptors (Lipinski definition) is 1. The van der Waals surface area contributed by atoms with Crippen LogP contribution in [0.15, 0.2) is 12.1 Å². The van der Waals surface area contributed by atoms with E-state index in [0.717, 1.165) is 17.5 Å². The molecule has 0 aromatic heterocycles. The highest BCUT2D eigenvalue weighted by molar-refractivity contribution is 6.31. The van der Waals surface area contributed by atoms with E-state index in [0.29, 0.717) is 10.6 Å². The molecule has 0 amide bonds. The molecule has 1 aromatic rings. The second-order valence-electron chi connectivity index (χ2n) is 2.72. The van der Waals surface area contributed by atoms with Crippen LogP contribution in [-0.4, -0.2) is 0 Å². The molecule has 0 aliphatic heterocycles. The van der Waals surface area contributed by atoms with Crippen LogP contribution in [0.4, 0.5) is 0 Å². The molecule has 2 heteroatoms. The minimum absolute atomic E-state index is 0.634. The summed E-state index contributed by atoms with van der Waals surface area (Å²) in [6.07, 6.45) is 0.913. The number of rotatable bonds is 1. The molecule has 0 spiro atoms. The molecule has 1 nitrogen and oxygen atoms in total. The topological polar surface area (TPSA) is 23.8 Å². The fourth-order valence-corrected chi connectivity index (χ4v) is 1.69. The van der Waals surface area contributed by atoms with Crippen molar-refractivity contribution in [3.8, 4) is 6.07 Å². The Balaban J connectivity index is 3.30. The number of benzene rings is 1. The van der Waals surface area contributed by atoms with E-state index >= 15 is 0 Å². The summed E-state index contributed by atoms with van der Waals surface area (Å²) in [5.74, 6) is 0. The summed E-state index contributed by atoms with van der Waals surface area (Å²) >= 11 is 5.96. The molecule has 0 heterocycles. The molecule has 12 heavy (non-hydrogen) atoms. The van der Waals surface area contributed by atoms with Crippen molar-refractivity contribution in [3.05, 3.63) is 33.8 Å². The van der Waals surface area contributed by atoms with Gasteiger partial charge in [-0.1, -0.05) is 18.5 Å². The average Bonchev–Trinajstić information content (AvgIpc) is 2.03. The van der Waals surface area contributed by atoms with Crippen molar-refractivity contribution < 1.29 is 0 Å². The molecular weight excluding hydrogens is 170 g/mol. The lowest BCUT2D eigenvalue weighted by atomic mass is 10.0. The Morgan fingerprint density at radius 3 is 2.58 bits per heavy atom. The third-order valence-corrected chi connectivity index (χ3v) is 2.24. The molecule has 0 N–H and O–H groups in total. The maximum Gasteiger partial charge on any atom is 0.0992 e. The largest absolute Gasteiger partial charge is 0.192 e. The normalized spacial score (nSPS) is 9.50. The van der Waals surface area contributed by atoms with Gasteiger partial charge < -0.3 is 0 Å². The van der Waals surface area contributed by atoms with Gasteiger partial charge in [-0.25, -0.2) is 0 Å². The number of nitrogens with zero attached hydrogens (tertiary/aromatic N) is 1. The maximum atomic E-state index is 8.64. The molecule has 0 aliphatic carbocycles. The molecule has 0 fully saturated rings. The Bertz CT molecular complexity index is 313. The summed E-state index contributed by atoms with van der Waals surface area (Å²) in [5.41, 5.74) is 2.87. The van der Waals surface area contributed by atoms with Crippen molar-refractivity contribution in [2.45, 2.75) is 20.3 Å². The van der Waals surface area contributed by atoms with Gasteiger partial charge in [0.05, 0.1) is 11.6 Å². The van der Waals surface area contributed by atoms with Crippen molar-refractivity contribution >= 4 is 11.6 Å². The molecule has 1 rings (SSSR count). The van der Waals surface area contributed by atoms with Gasteiger partial charge in [0.15, 0.2) is 0 Å². The van der Waals surface area contributed by atoms with Crippen molar-refractivity contribution in [3.63, 3.8) is 0 Å². The summed E-state index contributed by atoms with van der Waals surface area (Å²) in [5, 5.41) is 9.34. The molecule has 0 saturated heterocycles.